The van der Waals surface area contributed by atoms with Gasteiger partial charge in [0.2, 0.25) is 11.8 Å². The van der Waals surface area contributed by atoms with Crippen LogP contribution in [0.1, 0.15) is 33.6 Å². The molecule has 0 radical (unpaired) electrons. The molecule has 1 N–H and O–H groups in total. The van der Waals surface area contributed by atoms with Crippen LogP contribution in [0.3, 0.4) is 0 Å². The maximum atomic E-state index is 12.2. The predicted molar refractivity (Wildman–Crippen MR) is 61.5 cm³/mol. The first-order valence-corrected chi connectivity index (χ1v) is 5.50. The number of carbonyl (C=O) groups excluding carboxylic acids is 2. The molecule has 16 heavy (non-hydrogen) atoms. The number of carbonyl (C=O) groups is 2. The van der Waals surface area contributed by atoms with Crippen molar-refractivity contribution in [3.63, 3.8) is 0 Å². The molecular formula is C12H18N2O2. The smallest absolute Gasteiger partial charge is 0.248 e. The quantitative estimate of drug-likeness (QED) is 0.693. The SMILES string of the molecule is C#CC(CC)N1CCC(=O)NC(C)(C)C1=O. The molecule has 0 aromatic rings. The predicted octanol–water partition coefficient (Wildman–Crippen LogP) is 0.525. The van der Waals surface area contributed by atoms with E-state index in [9.17, 15) is 9.59 Å². The Labute approximate surface area is 96.4 Å². The van der Waals surface area contributed by atoms with Crippen molar-refractivity contribution in [2.24, 2.45) is 0 Å². The maximum absolute atomic E-state index is 12.2. The molecule has 1 heterocycles. The Morgan fingerprint density at radius 3 is 2.69 bits per heavy atom. The fourth-order valence-electron chi connectivity index (χ4n) is 1.87. The van der Waals surface area contributed by atoms with E-state index in [-0.39, 0.29) is 17.9 Å². The lowest BCUT2D eigenvalue weighted by atomic mass is 10.0. The third-order valence-electron chi connectivity index (χ3n) is 2.78. The van der Waals surface area contributed by atoms with Crippen LogP contribution in [-0.4, -0.2) is 34.8 Å². The fourth-order valence-corrected chi connectivity index (χ4v) is 1.87. The average molecular weight is 222 g/mol. The molecule has 1 unspecified atom stereocenters. The molecule has 0 saturated carbocycles. The first kappa shape index (κ1) is 12.6. The van der Waals surface area contributed by atoms with Gasteiger partial charge in [-0.1, -0.05) is 12.8 Å². The molecule has 1 aliphatic rings. The third-order valence-corrected chi connectivity index (χ3v) is 2.78. The van der Waals surface area contributed by atoms with E-state index in [0.29, 0.717) is 19.4 Å². The zero-order valence-corrected chi connectivity index (χ0v) is 10.0. The van der Waals surface area contributed by atoms with Crippen LogP contribution in [0.15, 0.2) is 0 Å². The highest BCUT2D eigenvalue weighted by atomic mass is 16.2. The average Bonchev–Trinajstić information content (AvgIpc) is 2.30. The van der Waals surface area contributed by atoms with Crippen LogP contribution in [0.2, 0.25) is 0 Å². The summed E-state index contributed by atoms with van der Waals surface area (Å²) in [5, 5.41) is 2.70. The topological polar surface area (TPSA) is 49.4 Å². The summed E-state index contributed by atoms with van der Waals surface area (Å²) in [4.78, 5) is 25.3. The second-order valence-electron chi connectivity index (χ2n) is 4.51. The van der Waals surface area contributed by atoms with Crippen molar-refractivity contribution in [1.82, 2.24) is 10.2 Å². The van der Waals surface area contributed by atoms with Crippen LogP contribution in [0.25, 0.3) is 0 Å². The van der Waals surface area contributed by atoms with Crippen LogP contribution in [0.4, 0.5) is 0 Å². The Balaban J connectivity index is 2.98. The van der Waals surface area contributed by atoms with Gasteiger partial charge >= 0.3 is 0 Å². The van der Waals surface area contributed by atoms with E-state index in [4.69, 9.17) is 6.42 Å². The van der Waals surface area contributed by atoms with Crippen molar-refractivity contribution >= 4 is 11.8 Å². The molecule has 4 nitrogen and oxygen atoms in total. The molecule has 1 aliphatic heterocycles. The Morgan fingerprint density at radius 2 is 2.19 bits per heavy atom. The number of hydrogen-bond donors (Lipinski definition) is 1. The highest BCUT2D eigenvalue weighted by Crippen LogP contribution is 2.16. The number of nitrogens with zero attached hydrogens (tertiary/aromatic N) is 1. The zero-order chi connectivity index (χ0) is 12.3. The molecule has 1 atom stereocenters. The molecule has 2 amide bonds. The molecule has 88 valence electrons. The number of terminal acetylenes is 1. The Bertz CT molecular complexity index is 341. The number of rotatable bonds is 2. The highest BCUT2D eigenvalue weighted by Gasteiger charge is 2.38. The van der Waals surface area contributed by atoms with Gasteiger partial charge in [0, 0.05) is 13.0 Å². The molecule has 0 spiro atoms. The van der Waals surface area contributed by atoms with Crippen LogP contribution in [-0.2, 0) is 9.59 Å². The van der Waals surface area contributed by atoms with E-state index < -0.39 is 5.54 Å². The molecule has 0 bridgehead atoms. The van der Waals surface area contributed by atoms with Crippen LogP contribution >= 0.6 is 0 Å². The summed E-state index contributed by atoms with van der Waals surface area (Å²) in [5.41, 5.74) is -0.863. The minimum atomic E-state index is -0.863. The second-order valence-corrected chi connectivity index (χ2v) is 4.51. The summed E-state index contributed by atoms with van der Waals surface area (Å²) in [6, 6.07) is -0.223. The molecule has 0 aromatic carbocycles. The summed E-state index contributed by atoms with van der Waals surface area (Å²) in [5.74, 6) is 2.39. The molecule has 1 saturated heterocycles. The van der Waals surface area contributed by atoms with Crippen molar-refractivity contribution in [2.45, 2.75) is 45.2 Å². The van der Waals surface area contributed by atoms with Gasteiger partial charge in [-0.2, -0.15) is 0 Å². The molecule has 1 fully saturated rings. The van der Waals surface area contributed by atoms with E-state index in [2.05, 4.69) is 11.2 Å². The minimum Gasteiger partial charge on any atom is -0.342 e. The number of amides is 2. The zero-order valence-electron chi connectivity index (χ0n) is 10.0. The van der Waals surface area contributed by atoms with E-state index in [1.165, 1.54) is 0 Å². The van der Waals surface area contributed by atoms with Crippen LogP contribution in [0, 0.1) is 12.3 Å². The Morgan fingerprint density at radius 1 is 1.56 bits per heavy atom. The van der Waals surface area contributed by atoms with Crippen LogP contribution < -0.4 is 5.32 Å². The van der Waals surface area contributed by atoms with Crippen molar-refractivity contribution in [3.8, 4) is 12.3 Å². The van der Waals surface area contributed by atoms with E-state index in [0.717, 1.165) is 0 Å². The van der Waals surface area contributed by atoms with E-state index in [1.807, 2.05) is 6.92 Å². The van der Waals surface area contributed by atoms with Gasteiger partial charge < -0.3 is 10.2 Å². The summed E-state index contributed by atoms with van der Waals surface area (Å²) in [6.45, 7) is 5.74. The number of nitrogens with one attached hydrogen (secondary N) is 1. The van der Waals surface area contributed by atoms with Crippen molar-refractivity contribution in [2.75, 3.05) is 6.54 Å². The van der Waals surface area contributed by atoms with E-state index in [1.54, 1.807) is 18.7 Å². The summed E-state index contributed by atoms with van der Waals surface area (Å²) in [6.07, 6.45) is 6.42. The standard InChI is InChI=1S/C12H18N2O2/c1-5-9(6-2)14-8-7-10(15)13-12(3,4)11(14)16/h1,9H,6-8H2,2-4H3,(H,13,15). The normalized spacial score (nSPS) is 22.0. The monoisotopic (exact) mass is 222 g/mol. The van der Waals surface area contributed by atoms with Gasteiger partial charge in [-0.3, -0.25) is 9.59 Å². The second kappa shape index (κ2) is 4.56. The van der Waals surface area contributed by atoms with Gasteiger partial charge in [0.25, 0.3) is 0 Å². The van der Waals surface area contributed by atoms with Gasteiger partial charge in [0.1, 0.15) is 5.54 Å². The van der Waals surface area contributed by atoms with Gasteiger partial charge in [-0.05, 0) is 20.3 Å². The molecule has 0 aromatic heterocycles. The molecule has 0 aliphatic carbocycles. The minimum absolute atomic E-state index is 0.104. The maximum Gasteiger partial charge on any atom is 0.248 e. The van der Waals surface area contributed by atoms with Crippen molar-refractivity contribution < 1.29 is 9.59 Å². The summed E-state index contributed by atoms with van der Waals surface area (Å²) >= 11 is 0. The van der Waals surface area contributed by atoms with Crippen molar-refractivity contribution in [3.05, 3.63) is 0 Å². The first-order chi connectivity index (χ1) is 7.42. The Hall–Kier alpha value is -1.50. The summed E-state index contributed by atoms with van der Waals surface area (Å²) < 4.78 is 0. The van der Waals surface area contributed by atoms with Gasteiger partial charge in [0.15, 0.2) is 0 Å². The molecule has 1 rings (SSSR count). The molecular weight excluding hydrogens is 204 g/mol. The fraction of sp³-hybridized carbons (Fsp3) is 0.667. The lowest BCUT2D eigenvalue weighted by Crippen LogP contribution is -2.54. The third kappa shape index (κ3) is 2.35. The number of hydrogen-bond acceptors (Lipinski definition) is 2. The first-order valence-electron chi connectivity index (χ1n) is 5.50. The Kier molecular flexibility index (Phi) is 3.58. The highest BCUT2D eigenvalue weighted by molar-refractivity contribution is 5.93. The molecule has 4 heteroatoms. The van der Waals surface area contributed by atoms with Gasteiger partial charge in [-0.25, -0.2) is 0 Å². The summed E-state index contributed by atoms with van der Waals surface area (Å²) in [7, 11) is 0. The lowest BCUT2D eigenvalue weighted by Gasteiger charge is -2.32. The lowest BCUT2D eigenvalue weighted by molar-refractivity contribution is -0.138. The van der Waals surface area contributed by atoms with Gasteiger partial charge in [-0.15, -0.1) is 6.42 Å². The van der Waals surface area contributed by atoms with Crippen molar-refractivity contribution in [1.29, 1.82) is 0 Å². The van der Waals surface area contributed by atoms with Gasteiger partial charge in [0.05, 0.1) is 6.04 Å². The van der Waals surface area contributed by atoms with E-state index >= 15 is 0 Å². The largest absolute Gasteiger partial charge is 0.342 e. The van der Waals surface area contributed by atoms with Crippen LogP contribution in [0.5, 0.6) is 0 Å².